The lowest BCUT2D eigenvalue weighted by atomic mass is 9.88. The minimum absolute atomic E-state index is 0.215. The molecule has 6 heteroatoms. The number of nitriles is 1. The molecular formula is C9H17N3O2S. The molecule has 86 valence electrons. The summed E-state index contributed by atoms with van der Waals surface area (Å²) in [4.78, 5) is 0. The maximum Gasteiger partial charge on any atom is 0.227 e. The highest BCUT2D eigenvalue weighted by atomic mass is 32.2. The third-order valence-corrected chi connectivity index (χ3v) is 4.63. The van der Waals surface area contributed by atoms with E-state index in [-0.39, 0.29) is 5.92 Å². The maximum absolute atomic E-state index is 11.6. The number of nitrogens with two attached hydrogens (primary N) is 1. The van der Waals surface area contributed by atoms with Crippen LogP contribution in [0.4, 0.5) is 0 Å². The Bertz CT molecular complexity index is 347. The molecule has 1 rings (SSSR count). The minimum atomic E-state index is -3.38. The zero-order valence-electron chi connectivity index (χ0n) is 8.89. The van der Waals surface area contributed by atoms with E-state index in [0.717, 1.165) is 6.42 Å². The van der Waals surface area contributed by atoms with Gasteiger partial charge in [0.05, 0.1) is 6.07 Å². The van der Waals surface area contributed by atoms with Crippen molar-refractivity contribution in [1.29, 1.82) is 5.26 Å². The summed E-state index contributed by atoms with van der Waals surface area (Å²) in [5.41, 5.74) is 5.59. The molecule has 0 radical (unpaired) electrons. The zero-order chi connectivity index (χ0) is 11.5. The normalized spacial score (nSPS) is 28.6. The molecule has 1 aliphatic heterocycles. The van der Waals surface area contributed by atoms with E-state index in [9.17, 15) is 8.42 Å². The number of hydrogen-bond acceptors (Lipinski definition) is 4. The van der Waals surface area contributed by atoms with Crippen LogP contribution in [0.2, 0.25) is 0 Å². The van der Waals surface area contributed by atoms with Crippen molar-refractivity contribution in [2.45, 2.75) is 13.3 Å². The topological polar surface area (TPSA) is 87.2 Å². The Balaban J connectivity index is 2.71. The average Bonchev–Trinajstić information content (AvgIpc) is 2.18. The second-order valence-electron chi connectivity index (χ2n) is 4.03. The van der Waals surface area contributed by atoms with Crippen LogP contribution in [0.5, 0.6) is 0 Å². The van der Waals surface area contributed by atoms with Gasteiger partial charge in [-0.05, 0) is 24.8 Å². The summed E-state index contributed by atoms with van der Waals surface area (Å²) in [5, 5.41) is 8.43. The molecule has 0 amide bonds. The molecule has 2 atom stereocenters. The summed E-state index contributed by atoms with van der Waals surface area (Å²) in [6, 6.07) is 1.69. The van der Waals surface area contributed by atoms with Crippen molar-refractivity contribution in [3.8, 4) is 6.07 Å². The van der Waals surface area contributed by atoms with Crippen molar-refractivity contribution < 1.29 is 8.42 Å². The van der Waals surface area contributed by atoms with Gasteiger partial charge in [-0.25, -0.2) is 12.7 Å². The third-order valence-electron chi connectivity index (χ3n) is 3.02. The quantitative estimate of drug-likeness (QED) is 0.726. The van der Waals surface area contributed by atoms with E-state index < -0.39 is 15.8 Å². The zero-order valence-corrected chi connectivity index (χ0v) is 9.70. The van der Waals surface area contributed by atoms with Gasteiger partial charge in [-0.15, -0.1) is 0 Å². The Morgan fingerprint density at radius 1 is 1.60 bits per heavy atom. The SMILES string of the molecule is CC1CCN(S(=O)(=O)CC#N)CC1CN. The molecule has 2 N–H and O–H groups in total. The third kappa shape index (κ3) is 2.91. The van der Waals surface area contributed by atoms with Crippen molar-refractivity contribution in [2.75, 3.05) is 25.4 Å². The predicted molar refractivity (Wildman–Crippen MR) is 57.3 cm³/mol. The van der Waals surface area contributed by atoms with Gasteiger partial charge in [-0.1, -0.05) is 6.92 Å². The van der Waals surface area contributed by atoms with Gasteiger partial charge in [-0.3, -0.25) is 0 Å². The molecule has 0 aliphatic carbocycles. The number of hydrogen-bond donors (Lipinski definition) is 1. The van der Waals surface area contributed by atoms with E-state index in [0.29, 0.717) is 25.6 Å². The molecule has 0 bridgehead atoms. The monoisotopic (exact) mass is 231 g/mol. The Kier molecular flexibility index (Phi) is 4.08. The van der Waals surface area contributed by atoms with E-state index in [2.05, 4.69) is 6.92 Å². The second-order valence-corrected chi connectivity index (χ2v) is 6.00. The molecule has 0 aromatic rings. The molecule has 0 saturated carbocycles. The maximum atomic E-state index is 11.6. The van der Waals surface area contributed by atoms with Crippen LogP contribution < -0.4 is 5.73 Å². The first-order valence-electron chi connectivity index (χ1n) is 5.06. The van der Waals surface area contributed by atoms with E-state index in [4.69, 9.17) is 11.0 Å². The van der Waals surface area contributed by atoms with Gasteiger partial charge in [0, 0.05) is 13.1 Å². The van der Waals surface area contributed by atoms with Crippen LogP contribution in [0, 0.1) is 23.2 Å². The van der Waals surface area contributed by atoms with Crippen molar-refractivity contribution in [3.05, 3.63) is 0 Å². The van der Waals surface area contributed by atoms with Crippen molar-refractivity contribution >= 4 is 10.0 Å². The van der Waals surface area contributed by atoms with Crippen LogP contribution in [-0.2, 0) is 10.0 Å². The van der Waals surface area contributed by atoms with E-state index in [1.54, 1.807) is 6.07 Å². The Morgan fingerprint density at radius 3 is 2.80 bits per heavy atom. The Hall–Kier alpha value is -0.640. The second kappa shape index (κ2) is 4.92. The number of nitrogens with zero attached hydrogens (tertiary/aromatic N) is 2. The van der Waals surface area contributed by atoms with Gasteiger partial charge in [0.15, 0.2) is 5.75 Å². The molecule has 1 aliphatic rings. The summed E-state index contributed by atoms with van der Waals surface area (Å²) in [6.07, 6.45) is 0.826. The van der Waals surface area contributed by atoms with Crippen LogP contribution in [0.15, 0.2) is 0 Å². The van der Waals surface area contributed by atoms with Crippen LogP contribution in [0.25, 0.3) is 0 Å². The largest absolute Gasteiger partial charge is 0.330 e. The molecule has 0 aromatic heterocycles. The standard InChI is InChI=1S/C9H17N3O2S/c1-8-2-4-12(7-9(8)6-11)15(13,14)5-3-10/h8-9H,2,4-7,11H2,1H3. The summed E-state index contributed by atoms with van der Waals surface area (Å²) < 4.78 is 24.6. The highest BCUT2D eigenvalue weighted by molar-refractivity contribution is 7.89. The summed E-state index contributed by atoms with van der Waals surface area (Å²) in [7, 11) is -3.38. The van der Waals surface area contributed by atoms with Gasteiger partial charge >= 0.3 is 0 Å². The smallest absolute Gasteiger partial charge is 0.227 e. The van der Waals surface area contributed by atoms with Gasteiger partial charge < -0.3 is 5.73 Å². The minimum Gasteiger partial charge on any atom is -0.330 e. The van der Waals surface area contributed by atoms with E-state index >= 15 is 0 Å². The molecule has 15 heavy (non-hydrogen) atoms. The molecular weight excluding hydrogens is 214 g/mol. The molecule has 0 spiro atoms. The Labute approximate surface area is 90.9 Å². The molecule has 1 fully saturated rings. The van der Waals surface area contributed by atoms with Gasteiger partial charge in [0.1, 0.15) is 0 Å². The van der Waals surface area contributed by atoms with Crippen molar-refractivity contribution in [2.24, 2.45) is 17.6 Å². The average molecular weight is 231 g/mol. The summed E-state index contributed by atoms with van der Waals surface area (Å²) in [6.45, 7) is 3.56. The van der Waals surface area contributed by atoms with Gasteiger partial charge in [-0.2, -0.15) is 5.26 Å². The summed E-state index contributed by atoms with van der Waals surface area (Å²) in [5.74, 6) is 0.245. The molecule has 1 heterocycles. The molecule has 2 unspecified atom stereocenters. The number of sulfonamides is 1. The van der Waals surface area contributed by atoms with Crippen LogP contribution in [-0.4, -0.2) is 38.1 Å². The van der Waals surface area contributed by atoms with Crippen LogP contribution in [0.1, 0.15) is 13.3 Å². The first-order chi connectivity index (χ1) is 7.01. The first-order valence-corrected chi connectivity index (χ1v) is 6.67. The van der Waals surface area contributed by atoms with Crippen molar-refractivity contribution in [3.63, 3.8) is 0 Å². The highest BCUT2D eigenvalue weighted by Gasteiger charge is 2.31. The highest BCUT2D eigenvalue weighted by Crippen LogP contribution is 2.24. The van der Waals surface area contributed by atoms with E-state index in [1.165, 1.54) is 4.31 Å². The lowest BCUT2D eigenvalue weighted by molar-refractivity contribution is 0.203. The summed E-state index contributed by atoms with van der Waals surface area (Å²) >= 11 is 0. The van der Waals surface area contributed by atoms with Gasteiger partial charge in [0.25, 0.3) is 0 Å². The fraction of sp³-hybridized carbons (Fsp3) is 0.889. The lowest BCUT2D eigenvalue weighted by Gasteiger charge is -2.35. The first kappa shape index (κ1) is 12.4. The molecule has 0 aromatic carbocycles. The Morgan fingerprint density at radius 2 is 2.27 bits per heavy atom. The number of rotatable bonds is 3. The van der Waals surface area contributed by atoms with Crippen LogP contribution in [0.3, 0.4) is 0 Å². The fourth-order valence-electron chi connectivity index (χ4n) is 1.85. The molecule has 5 nitrogen and oxygen atoms in total. The predicted octanol–water partition coefficient (Wildman–Crippen LogP) is -0.244. The van der Waals surface area contributed by atoms with Crippen LogP contribution >= 0.6 is 0 Å². The van der Waals surface area contributed by atoms with Crippen molar-refractivity contribution in [1.82, 2.24) is 4.31 Å². The fourth-order valence-corrected chi connectivity index (χ4v) is 3.00. The number of piperidine rings is 1. The van der Waals surface area contributed by atoms with E-state index in [1.807, 2.05) is 0 Å². The van der Waals surface area contributed by atoms with Gasteiger partial charge in [0.2, 0.25) is 10.0 Å². The lowest BCUT2D eigenvalue weighted by Crippen LogP contribution is -2.46. The molecule has 1 saturated heterocycles.